The number of hydrogen-bond acceptors (Lipinski definition) is 2. The number of nitrogens with zero attached hydrogens (tertiary/aromatic N) is 2. The van der Waals surface area contributed by atoms with Crippen molar-refractivity contribution in [3.63, 3.8) is 0 Å². The predicted molar refractivity (Wildman–Crippen MR) is 86.3 cm³/mol. The fourth-order valence-corrected chi connectivity index (χ4v) is 2.61. The van der Waals surface area contributed by atoms with Gasteiger partial charge >= 0.3 is 0 Å². The molecule has 4 heteroatoms. The predicted octanol–water partition coefficient (Wildman–Crippen LogP) is 3.30. The molecule has 1 heterocycles. The summed E-state index contributed by atoms with van der Waals surface area (Å²) in [7, 11) is 0. The van der Waals surface area contributed by atoms with Crippen LogP contribution in [0.2, 0.25) is 0 Å². The zero-order chi connectivity index (χ0) is 15.1. The van der Waals surface area contributed by atoms with Gasteiger partial charge in [-0.3, -0.25) is 4.79 Å². The number of aryl methyl sites for hydroxylation is 1. The van der Waals surface area contributed by atoms with Gasteiger partial charge in [0.2, 0.25) is 5.91 Å². The van der Waals surface area contributed by atoms with E-state index in [1.807, 2.05) is 6.07 Å². The SMILES string of the molecule is CCCCCCn1c(CCNC(C)=O)nc2ccccc21. The fraction of sp³-hybridized carbons (Fsp3) is 0.529. The Balaban J connectivity index is 2.11. The molecule has 0 unspecified atom stereocenters. The van der Waals surface area contributed by atoms with Crippen molar-refractivity contribution < 1.29 is 4.79 Å². The summed E-state index contributed by atoms with van der Waals surface area (Å²) in [4.78, 5) is 15.7. The molecule has 0 aliphatic heterocycles. The molecule has 0 radical (unpaired) electrons. The van der Waals surface area contributed by atoms with Crippen molar-refractivity contribution in [2.75, 3.05) is 6.54 Å². The Morgan fingerprint density at radius 2 is 2.05 bits per heavy atom. The van der Waals surface area contributed by atoms with Crippen molar-refractivity contribution in [2.45, 2.75) is 52.5 Å². The lowest BCUT2D eigenvalue weighted by atomic mass is 10.2. The highest BCUT2D eigenvalue weighted by Gasteiger charge is 2.09. The van der Waals surface area contributed by atoms with Gasteiger partial charge in [0.25, 0.3) is 0 Å². The number of rotatable bonds is 8. The summed E-state index contributed by atoms with van der Waals surface area (Å²) in [5, 5.41) is 2.85. The second kappa shape index (κ2) is 7.81. The fourth-order valence-electron chi connectivity index (χ4n) is 2.61. The molecule has 0 atom stereocenters. The van der Waals surface area contributed by atoms with Crippen LogP contribution < -0.4 is 5.32 Å². The summed E-state index contributed by atoms with van der Waals surface area (Å²) in [6.45, 7) is 5.43. The standard InChI is InChI=1S/C17H25N3O/c1-3-4-5-8-13-20-16-10-7-6-9-15(16)19-17(20)11-12-18-14(2)21/h6-7,9-10H,3-5,8,11-13H2,1-2H3,(H,18,21). The van der Waals surface area contributed by atoms with E-state index in [-0.39, 0.29) is 5.91 Å². The first-order chi connectivity index (χ1) is 10.2. The van der Waals surface area contributed by atoms with E-state index < -0.39 is 0 Å². The molecule has 2 rings (SSSR count). The Morgan fingerprint density at radius 1 is 1.24 bits per heavy atom. The Kier molecular flexibility index (Phi) is 5.78. The first kappa shape index (κ1) is 15.5. The Morgan fingerprint density at radius 3 is 2.81 bits per heavy atom. The molecule has 0 aliphatic rings. The summed E-state index contributed by atoms with van der Waals surface area (Å²) in [5.74, 6) is 1.09. The molecule has 0 aliphatic carbocycles. The molecule has 114 valence electrons. The number of para-hydroxylation sites is 2. The summed E-state index contributed by atoms with van der Waals surface area (Å²) in [5.41, 5.74) is 2.25. The van der Waals surface area contributed by atoms with Crippen LogP contribution in [0.25, 0.3) is 11.0 Å². The van der Waals surface area contributed by atoms with Gasteiger partial charge in [-0.2, -0.15) is 0 Å². The maximum Gasteiger partial charge on any atom is 0.216 e. The highest BCUT2D eigenvalue weighted by Crippen LogP contribution is 2.17. The van der Waals surface area contributed by atoms with E-state index in [2.05, 4.69) is 35.0 Å². The number of hydrogen-bond donors (Lipinski definition) is 1. The summed E-state index contributed by atoms with van der Waals surface area (Å²) in [6.07, 6.45) is 5.76. The van der Waals surface area contributed by atoms with E-state index in [0.29, 0.717) is 6.54 Å². The minimum Gasteiger partial charge on any atom is -0.356 e. The van der Waals surface area contributed by atoms with Crippen molar-refractivity contribution in [1.82, 2.24) is 14.9 Å². The summed E-state index contributed by atoms with van der Waals surface area (Å²) < 4.78 is 2.31. The van der Waals surface area contributed by atoms with Crippen LogP contribution in [0.1, 0.15) is 45.4 Å². The molecule has 1 amide bonds. The highest BCUT2D eigenvalue weighted by molar-refractivity contribution is 5.76. The molecular formula is C17H25N3O. The number of fused-ring (bicyclic) bond motifs is 1. The number of amides is 1. The van der Waals surface area contributed by atoms with E-state index in [9.17, 15) is 4.79 Å². The highest BCUT2D eigenvalue weighted by atomic mass is 16.1. The number of nitrogens with one attached hydrogen (secondary N) is 1. The molecule has 0 saturated carbocycles. The molecular weight excluding hydrogens is 262 g/mol. The molecule has 0 saturated heterocycles. The summed E-state index contributed by atoms with van der Waals surface area (Å²) >= 11 is 0. The largest absolute Gasteiger partial charge is 0.356 e. The number of imidazole rings is 1. The molecule has 0 spiro atoms. The van der Waals surface area contributed by atoms with Gasteiger partial charge in [0.1, 0.15) is 5.82 Å². The van der Waals surface area contributed by atoms with Crippen LogP contribution in [0, 0.1) is 0 Å². The third-order valence-electron chi connectivity index (χ3n) is 3.69. The second-order valence-electron chi connectivity index (χ2n) is 5.46. The zero-order valence-electron chi connectivity index (χ0n) is 13.1. The minimum absolute atomic E-state index is 0.0145. The maximum atomic E-state index is 11.0. The molecule has 4 nitrogen and oxygen atoms in total. The van der Waals surface area contributed by atoms with Gasteiger partial charge in [0.05, 0.1) is 11.0 Å². The monoisotopic (exact) mass is 287 g/mol. The van der Waals surface area contributed by atoms with E-state index in [1.54, 1.807) is 6.92 Å². The van der Waals surface area contributed by atoms with Crippen LogP contribution in [0.4, 0.5) is 0 Å². The van der Waals surface area contributed by atoms with Crippen LogP contribution in [0.15, 0.2) is 24.3 Å². The van der Waals surface area contributed by atoms with Gasteiger partial charge in [-0.25, -0.2) is 4.98 Å². The Bertz CT molecular complexity index is 589. The molecule has 0 bridgehead atoms. The lowest BCUT2D eigenvalue weighted by molar-refractivity contribution is -0.118. The van der Waals surface area contributed by atoms with Crippen molar-refractivity contribution in [2.24, 2.45) is 0 Å². The van der Waals surface area contributed by atoms with Crippen LogP contribution in [0.3, 0.4) is 0 Å². The topological polar surface area (TPSA) is 46.9 Å². The van der Waals surface area contributed by atoms with E-state index in [4.69, 9.17) is 4.98 Å². The van der Waals surface area contributed by atoms with Crippen molar-refractivity contribution in [3.05, 3.63) is 30.1 Å². The quantitative estimate of drug-likeness (QED) is 0.757. The summed E-state index contributed by atoms with van der Waals surface area (Å²) in [6, 6.07) is 8.27. The van der Waals surface area contributed by atoms with E-state index >= 15 is 0 Å². The van der Waals surface area contributed by atoms with Gasteiger partial charge in [-0.1, -0.05) is 38.3 Å². The maximum absolute atomic E-state index is 11.0. The minimum atomic E-state index is 0.0145. The van der Waals surface area contributed by atoms with Crippen LogP contribution in [-0.2, 0) is 17.8 Å². The zero-order valence-corrected chi connectivity index (χ0v) is 13.1. The van der Waals surface area contributed by atoms with Gasteiger partial charge in [0.15, 0.2) is 0 Å². The third kappa shape index (κ3) is 4.31. The third-order valence-corrected chi connectivity index (χ3v) is 3.69. The smallest absolute Gasteiger partial charge is 0.216 e. The number of benzene rings is 1. The average Bonchev–Trinajstić information content (AvgIpc) is 2.81. The van der Waals surface area contributed by atoms with Gasteiger partial charge in [0, 0.05) is 26.4 Å². The number of aromatic nitrogens is 2. The lowest BCUT2D eigenvalue weighted by Gasteiger charge is -2.09. The lowest BCUT2D eigenvalue weighted by Crippen LogP contribution is -2.23. The molecule has 1 aromatic heterocycles. The molecule has 21 heavy (non-hydrogen) atoms. The molecule has 1 aromatic carbocycles. The average molecular weight is 287 g/mol. The van der Waals surface area contributed by atoms with Crippen LogP contribution >= 0.6 is 0 Å². The van der Waals surface area contributed by atoms with Crippen LogP contribution in [0.5, 0.6) is 0 Å². The van der Waals surface area contributed by atoms with E-state index in [1.165, 1.54) is 31.2 Å². The molecule has 2 aromatic rings. The van der Waals surface area contributed by atoms with Gasteiger partial charge in [-0.15, -0.1) is 0 Å². The Hall–Kier alpha value is -1.84. The van der Waals surface area contributed by atoms with Crippen molar-refractivity contribution >= 4 is 16.9 Å². The van der Waals surface area contributed by atoms with Crippen molar-refractivity contribution in [3.8, 4) is 0 Å². The number of carbonyl (C=O) groups excluding carboxylic acids is 1. The number of carbonyl (C=O) groups is 1. The van der Waals surface area contributed by atoms with E-state index in [0.717, 1.165) is 24.3 Å². The van der Waals surface area contributed by atoms with Gasteiger partial charge in [-0.05, 0) is 18.6 Å². The second-order valence-corrected chi connectivity index (χ2v) is 5.46. The normalized spacial score (nSPS) is 11.0. The first-order valence-electron chi connectivity index (χ1n) is 7.91. The van der Waals surface area contributed by atoms with Crippen LogP contribution in [-0.4, -0.2) is 22.0 Å². The Labute approximate surface area is 126 Å². The molecule has 0 fully saturated rings. The van der Waals surface area contributed by atoms with Gasteiger partial charge < -0.3 is 9.88 Å². The first-order valence-corrected chi connectivity index (χ1v) is 7.91. The van der Waals surface area contributed by atoms with Crippen molar-refractivity contribution in [1.29, 1.82) is 0 Å². The number of unbranched alkanes of at least 4 members (excludes halogenated alkanes) is 3. The molecule has 1 N–H and O–H groups in total.